The summed E-state index contributed by atoms with van der Waals surface area (Å²) < 4.78 is 11.5. The Bertz CT molecular complexity index is 628. The third kappa shape index (κ3) is 3.26. The second-order valence-electron chi connectivity index (χ2n) is 3.72. The fraction of sp³-hybridized carbons (Fsp3) is 0.0714. The second kappa shape index (κ2) is 5.75. The molecule has 1 aromatic heterocycles. The molecule has 1 N–H and O–H groups in total. The molecule has 1 aromatic carbocycles. The largest absolute Gasteiger partial charge is 0.497 e. The van der Waals surface area contributed by atoms with Gasteiger partial charge in [0, 0.05) is 16.1 Å². The molecule has 0 radical (unpaired) electrons. The number of halogens is 1. The van der Waals surface area contributed by atoms with Gasteiger partial charge in [-0.15, -0.1) is 0 Å². The van der Waals surface area contributed by atoms with E-state index in [2.05, 4.69) is 15.9 Å². The van der Waals surface area contributed by atoms with E-state index in [1.165, 1.54) is 6.08 Å². The average molecular weight is 323 g/mol. The fourth-order valence-electron chi connectivity index (χ4n) is 1.56. The smallest absolute Gasteiger partial charge is 0.328 e. The molecule has 2 aromatic rings. The van der Waals surface area contributed by atoms with Crippen LogP contribution in [0.3, 0.4) is 0 Å². The maximum atomic E-state index is 10.4. The number of hydrogen-bond donors (Lipinski definition) is 1. The first-order valence-electron chi connectivity index (χ1n) is 5.45. The summed E-state index contributed by atoms with van der Waals surface area (Å²) in [6, 6.07) is 9.03. The molecule has 0 saturated heterocycles. The summed E-state index contributed by atoms with van der Waals surface area (Å²) >= 11 is 3.44. The molecule has 0 saturated carbocycles. The van der Waals surface area contributed by atoms with Crippen LogP contribution in [0.2, 0.25) is 0 Å². The molecule has 4 nitrogen and oxygen atoms in total. The summed E-state index contributed by atoms with van der Waals surface area (Å²) in [4.78, 5) is 10.4. The molecule has 0 unspecified atom stereocenters. The van der Waals surface area contributed by atoms with Gasteiger partial charge in [0.1, 0.15) is 17.3 Å². The Morgan fingerprint density at radius 3 is 2.79 bits per heavy atom. The Balaban J connectivity index is 2.30. The molecular formula is C14H11BrO4. The van der Waals surface area contributed by atoms with E-state index in [4.69, 9.17) is 14.3 Å². The van der Waals surface area contributed by atoms with Crippen LogP contribution < -0.4 is 4.74 Å². The van der Waals surface area contributed by atoms with Gasteiger partial charge in [0.15, 0.2) is 0 Å². The van der Waals surface area contributed by atoms with Crippen LogP contribution in [-0.2, 0) is 4.79 Å². The lowest BCUT2D eigenvalue weighted by atomic mass is 10.2. The highest BCUT2D eigenvalue weighted by atomic mass is 79.9. The molecule has 0 aliphatic heterocycles. The third-order valence-electron chi connectivity index (χ3n) is 2.46. The molecule has 0 aliphatic rings. The van der Waals surface area contributed by atoms with Gasteiger partial charge in [-0.3, -0.25) is 0 Å². The first-order chi connectivity index (χ1) is 9.10. The molecule has 0 atom stereocenters. The van der Waals surface area contributed by atoms with Crippen LogP contribution in [0.15, 0.2) is 45.3 Å². The second-order valence-corrected chi connectivity index (χ2v) is 4.57. The van der Waals surface area contributed by atoms with Crippen molar-refractivity contribution >= 4 is 28.0 Å². The maximum absolute atomic E-state index is 10.4. The molecule has 98 valence electrons. The van der Waals surface area contributed by atoms with Gasteiger partial charge in [0.2, 0.25) is 0 Å². The lowest BCUT2D eigenvalue weighted by Gasteiger charge is -2.04. The van der Waals surface area contributed by atoms with E-state index < -0.39 is 5.97 Å². The van der Waals surface area contributed by atoms with Crippen LogP contribution in [-0.4, -0.2) is 18.2 Å². The van der Waals surface area contributed by atoms with Crippen LogP contribution in [0.25, 0.3) is 17.4 Å². The molecule has 19 heavy (non-hydrogen) atoms. The van der Waals surface area contributed by atoms with Crippen LogP contribution in [0, 0.1) is 0 Å². The summed E-state index contributed by atoms with van der Waals surface area (Å²) in [5.74, 6) is 0.872. The van der Waals surface area contributed by atoms with Crippen molar-refractivity contribution in [2.45, 2.75) is 0 Å². The van der Waals surface area contributed by atoms with E-state index >= 15 is 0 Å². The zero-order valence-electron chi connectivity index (χ0n) is 10.1. The van der Waals surface area contributed by atoms with Gasteiger partial charge in [0.25, 0.3) is 0 Å². The molecule has 0 aliphatic carbocycles. The van der Waals surface area contributed by atoms with E-state index in [0.717, 1.165) is 21.9 Å². The molecule has 0 bridgehead atoms. The molecule has 5 heteroatoms. The average Bonchev–Trinajstić information content (AvgIpc) is 2.84. The van der Waals surface area contributed by atoms with Gasteiger partial charge in [-0.1, -0.05) is 0 Å². The highest BCUT2D eigenvalue weighted by Crippen LogP contribution is 2.32. The molecule has 2 rings (SSSR count). The van der Waals surface area contributed by atoms with E-state index in [1.54, 1.807) is 19.2 Å². The topological polar surface area (TPSA) is 59.7 Å². The van der Waals surface area contributed by atoms with Crippen molar-refractivity contribution in [1.82, 2.24) is 0 Å². The van der Waals surface area contributed by atoms with Crippen LogP contribution in [0.4, 0.5) is 0 Å². The third-order valence-corrected chi connectivity index (χ3v) is 3.11. The molecule has 0 amide bonds. The highest BCUT2D eigenvalue weighted by Gasteiger charge is 2.08. The SMILES string of the molecule is COc1ccc(-c2ccc(/C=C/C(=O)O)o2)c(Br)c1. The Morgan fingerprint density at radius 2 is 2.16 bits per heavy atom. The minimum Gasteiger partial charge on any atom is -0.497 e. The molecule has 1 heterocycles. The number of carboxylic acids is 1. The van der Waals surface area contributed by atoms with Crippen LogP contribution >= 0.6 is 15.9 Å². The van der Waals surface area contributed by atoms with E-state index in [9.17, 15) is 4.79 Å². The zero-order valence-corrected chi connectivity index (χ0v) is 11.7. The van der Waals surface area contributed by atoms with E-state index in [0.29, 0.717) is 11.5 Å². The number of aliphatic carboxylic acids is 1. The van der Waals surface area contributed by atoms with Gasteiger partial charge in [-0.05, 0) is 52.3 Å². The van der Waals surface area contributed by atoms with Crippen molar-refractivity contribution < 1.29 is 19.1 Å². The van der Waals surface area contributed by atoms with Gasteiger partial charge in [-0.25, -0.2) is 4.79 Å². The Kier molecular flexibility index (Phi) is 4.06. The molecule has 0 spiro atoms. The Labute approximate surface area is 118 Å². The predicted octanol–water partition coefficient (Wildman–Crippen LogP) is 3.82. The van der Waals surface area contributed by atoms with Crippen molar-refractivity contribution in [1.29, 1.82) is 0 Å². The Morgan fingerprint density at radius 1 is 1.37 bits per heavy atom. The monoisotopic (exact) mass is 322 g/mol. The number of carboxylic acid groups (broad SMARTS) is 1. The normalized spacial score (nSPS) is 10.8. The summed E-state index contributed by atoms with van der Waals surface area (Å²) in [5.41, 5.74) is 0.871. The number of ether oxygens (including phenoxy) is 1. The minimum atomic E-state index is -1.01. The van der Waals surface area contributed by atoms with Crippen LogP contribution in [0.1, 0.15) is 5.76 Å². The Hall–Kier alpha value is -2.01. The minimum absolute atomic E-state index is 0.486. The van der Waals surface area contributed by atoms with Crippen molar-refractivity contribution in [2.75, 3.05) is 7.11 Å². The molecular weight excluding hydrogens is 312 g/mol. The van der Waals surface area contributed by atoms with Crippen molar-refractivity contribution in [3.8, 4) is 17.1 Å². The predicted molar refractivity (Wildman–Crippen MR) is 75.1 cm³/mol. The van der Waals surface area contributed by atoms with Crippen molar-refractivity contribution in [3.63, 3.8) is 0 Å². The number of methoxy groups -OCH3 is 1. The first kappa shape index (κ1) is 13.4. The number of rotatable bonds is 4. The van der Waals surface area contributed by atoms with Gasteiger partial charge in [-0.2, -0.15) is 0 Å². The van der Waals surface area contributed by atoms with Gasteiger partial charge >= 0.3 is 5.97 Å². The van der Waals surface area contributed by atoms with Gasteiger partial charge in [0.05, 0.1) is 7.11 Å². The maximum Gasteiger partial charge on any atom is 0.328 e. The summed E-state index contributed by atoms with van der Waals surface area (Å²) in [5, 5.41) is 8.55. The lowest BCUT2D eigenvalue weighted by molar-refractivity contribution is -0.131. The van der Waals surface area contributed by atoms with E-state index in [1.807, 2.05) is 18.2 Å². The quantitative estimate of drug-likeness (QED) is 0.869. The van der Waals surface area contributed by atoms with Crippen LogP contribution in [0.5, 0.6) is 5.75 Å². The highest BCUT2D eigenvalue weighted by molar-refractivity contribution is 9.10. The standard InChI is InChI=1S/C14H11BrO4/c1-18-10-2-5-11(12(15)8-10)13-6-3-9(19-13)4-7-14(16)17/h2-8H,1H3,(H,16,17)/b7-4+. The van der Waals surface area contributed by atoms with Gasteiger partial charge < -0.3 is 14.3 Å². The summed E-state index contributed by atoms with van der Waals surface area (Å²) in [7, 11) is 1.60. The number of hydrogen-bond acceptors (Lipinski definition) is 3. The zero-order chi connectivity index (χ0) is 13.8. The first-order valence-corrected chi connectivity index (χ1v) is 6.24. The molecule has 0 fully saturated rings. The number of furan rings is 1. The lowest BCUT2D eigenvalue weighted by Crippen LogP contribution is -1.85. The number of benzene rings is 1. The summed E-state index contributed by atoms with van der Waals surface area (Å²) in [6.07, 6.45) is 2.44. The van der Waals surface area contributed by atoms with Crippen molar-refractivity contribution in [2.24, 2.45) is 0 Å². The number of carbonyl (C=O) groups is 1. The van der Waals surface area contributed by atoms with Crippen molar-refractivity contribution in [3.05, 3.63) is 46.6 Å². The van der Waals surface area contributed by atoms with E-state index in [-0.39, 0.29) is 0 Å². The fourth-order valence-corrected chi connectivity index (χ4v) is 2.12. The summed E-state index contributed by atoms with van der Waals surface area (Å²) in [6.45, 7) is 0.